The fourth-order valence-corrected chi connectivity index (χ4v) is 2.99. The summed E-state index contributed by atoms with van der Waals surface area (Å²) in [4.78, 5) is -0.0676. The number of hydrogen-bond acceptors (Lipinski definition) is 4. The van der Waals surface area contributed by atoms with Gasteiger partial charge in [0, 0.05) is 11.1 Å². The topological polar surface area (TPSA) is 92.4 Å². The Balaban J connectivity index is 2.38. The lowest BCUT2D eigenvalue weighted by Crippen LogP contribution is -2.14. The molecule has 0 bridgehead atoms. The molecule has 0 spiro atoms. The number of halogens is 1. The zero-order chi connectivity index (χ0) is 14.9. The third kappa shape index (κ3) is 2.97. The summed E-state index contributed by atoms with van der Waals surface area (Å²) in [6.07, 6.45) is 0. The van der Waals surface area contributed by atoms with E-state index in [0.29, 0.717) is 10.6 Å². The van der Waals surface area contributed by atoms with Crippen LogP contribution in [0.2, 0.25) is 5.02 Å². The van der Waals surface area contributed by atoms with Crippen molar-refractivity contribution in [3.05, 3.63) is 47.0 Å². The van der Waals surface area contributed by atoms with E-state index in [1.807, 2.05) is 0 Å². The molecule has 7 heteroatoms. The molecule has 20 heavy (non-hydrogen) atoms. The van der Waals surface area contributed by atoms with Gasteiger partial charge in [0.25, 0.3) is 10.0 Å². The first-order chi connectivity index (χ1) is 9.29. The summed E-state index contributed by atoms with van der Waals surface area (Å²) < 4.78 is 26.8. The van der Waals surface area contributed by atoms with Crippen molar-refractivity contribution >= 4 is 33.0 Å². The highest BCUT2D eigenvalue weighted by atomic mass is 35.5. The number of anilines is 2. The van der Waals surface area contributed by atoms with E-state index in [1.165, 1.54) is 24.3 Å². The number of nitrogens with one attached hydrogen (secondary N) is 1. The number of aryl methyl sites for hydroxylation is 1. The van der Waals surface area contributed by atoms with Gasteiger partial charge in [-0.25, -0.2) is 8.42 Å². The molecule has 4 N–H and O–H groups in total. The van der Waals surface area contributed by atoms with Crippen LogP contribution in [0.1, 0.15) is 5.56 Å². The number of phenolic OH excluding ortho intramolecular Hbond substituents is 1. The number of hydrogen-bond donors (Lipinski definition) is 3. The van der Waals surface area contributed by atoms with E-state index in [0.717, 1.165) is 0 Å². The Morgan fingerprint density at radius 3 is 2.50 bits per heavy atom. The van der Waals surface area contributed by atoms with Crippen LogP contribution in [0.25, 0.3) is 0 Å². The lowest BCUT2D eigenvalue weighted by molar-refractivity contribution is 0.471. The van der Waals surface area contributed by atoms with E-state index >= 15 is 0 Å². The quantitative estimate of drug-likeness (QED) is 0.760. The minimum atomic E-state index is -3.84. The SMILES string of the molecule is Cc1ccc(NS(=O)(=O)c2ccc(Cl)cc2N)cc1O. The summed E-state index contributed by atoms with van der Waals surface area (Å²) in [5.74, 6) is 0.00859. The molecule has 2 aromatic rings. The van der Waals surface area contributed by atoms with Crippen LogP contribution in [0, 0.1) is 6.92 Å². The average Bonchev–Trinajstić information content (AvgIpc) is 2.33. The van der Waals surface area contributed by atoms with Crippen LogP contribution in [-0.2, 0) is 10.0 Å². The third-order valence-electron chi connectivity index (χ3n) is 2.72. The summed E-state index contributed by atoms with van der Waals surface area (Å²) in [5.41, 5.74) is 6.62. The maximum Gasteiger partial charge on any atom is 0.263 e. The monoisotopic (exact) mass is 312 g/mol. The molecule has 0 aromatic heterocycles. The van der Waals surface area contributed by atoms with Crippen molar-refractivity contribution in [2.75, 3.05) is 10.5 Å². The van der Waals surface area contributed by atoms with E-state index in [2.05, 4.69) is 4.72 Å². The summed E-state index contributed by atoms with van der Waals surface area (Å²) in [6, 6.07) is 8.63. The molecule has 0 aliphatic heterocycles. The zero-order valence-electron chi connectivity index (χ0n) is 10.6. The van der Waals surface area contributed by atoms with Gasteiger partial charge in [0.05, 0.1) is 11.4 Å². The maximum absolute atomic E-state index is 12.2. The zero-order valence-corrected chi connectivity index (χ0v) is 12.2. The van der Waals surface area contributed by atoms with Crippen molar-refractivity contribution in [3.63, 3.8) is 0 Å². The minimum Gasteiger partial charge on any atom is -0.508 e. The second-order valence-electron chi connectivity index (χ2n) is 4.29. The van der Waals surface area contributed by atoms with Gasteiger partial charge in [-0.1, -0.05) is 17.7 Å². The number of phenols is 1. The molecule has 106 valence electrons. The first-order valence-electron chi connectivity index (χ1n) is 5.67. The van der Waals surface area contributed by atoms with Crippen LogP contribution in [-0.4, -0.2) is 13.5 Å². The predicted molar refractivity (Wildman–Crippen MR) is 79.5 cm³/mol. The Kier molecular flexibility index (Phi) is 3.78. The Morgan fingerprint density at radius 2 is 1.90 bits per heavy atom. The third-order valence-corrected chi connectivity index (χ3v) is 4.41. The highest BCUT2D eigenvalue weighted by Crippen LogP contribution is 2.26. The fourth-order valence-electron chi connectivity index (χ4n) is 1.65. The Hall–Kier alpha value is -1.92. The first-order valence-corrected chi connectivity index (χ1v) is 7.53. The molecule has 0 amide bonds. The van der Waals surface area contributed by atoms with Crippen molar-refractivity contribution < 1.29 is 13.5 Å². The van der Waals surface area contributed by atoms with Gasteiger partial charge in [0.2, 0.25) is 0 Å². The molecule has 0 atom stereocenters. The number of nitrogens with two attached hydrogens (primary N) is 1. The molecule has 0 heterocycles. The van der Waals surface area contributed by atoms with E-state index in [-0.39, 0.29) is 22.0 Å². The first kappa shape index (κ1) is 14.5. The number of nitrogen functional groups attached to an aromatic ring is 1. The van der Waals surface area contributed by atoms with E-state index < -0.39 is 10.0 Å². The average molecular weight is 313 g/mol. The van der Waals surface area contributed by atoms with Gasteiger partial charge in [-0.3, -0.25) is 4.72 Å². The highest BCUT2D eigenvalue weighted by Gasteiger charge is 2.18. The summed E-state index contributed by atoms with van der Waals surface area (Å²) in [7, 11) is -3.84. The van der Waals surface area contributed by atoms with Crippen molar-refractivity contribution in [1.29, 1.82) is 0 Å². The van der Waals surface area contributed by atoms with Crippen molar-refractivity contribution in [1.82, 2.24) is 0 Å². The van der Waals surface area contributed by atoms with Crippen LogP contribution < -0.4 is 10.5 Å². The van der Waals surface area contributed by atoms with E-state index in [9.17, 15) is 13.5 Å². The second-order valence-corrected chi connectivity index (χ2v) is 6.38. The molecule has 5 nitrogen and oxygen atoms in total. The molecule has 0 fully saturated rings. The van der Waals surface area contributed by atoms with E-state index in [1.54, 1.807) is 19.1 Å². The molecular weight excluding hydrogens is 300 g/mol. The standard InChI is InChI=1S/C13H13ClN2O3S/c1-8-2-4-10(7-12(8)17)16-20(18,19)13-5-3-9(14)6-11(13)15/h2-7,16-17H,15H2,1H3. The smallest absolute Gasteiger partial charge is 0.263 e. The summed E-state index contributed by atoms with van der Waals surface area (Å²) >= 11 is 5.74. The van der Waals surface area contributed by atoms with Gasteiger partial charge in [-0.2, -0.15) is 0 Å². The molecule has 0 saturated carbocycles. The minimum absolute atomic E-state index is 0.00859. The van der Waals surface area contributed by atoms with Crippen LogP contribution in [0.15, 0.2) is 41.3 Å². The van der Waals surface area contributed by atoms with Crippen LogP contribution in [0.3, 0.4) is 0 Å². The van der Waals surface area contributed by atoms with Crippen molar-refractivity contribution in [2.45, 2.75) is 11.8 Å². The summed E-state index contributed by atoms with van der Waals surface area (Å²) in [5, 5.41) is 9.94. The molecule has 0 aliphatic carbocycles. The molecule has 0 unspecified atom stereocenters. The number of aromatic hydroxyl groups is 1. The number of sulfonamides is 1. The fraction of sp³-hybridized carbons (Fsp3) is 0.0769. The Morgan fingerprint density at radius 1 is 1.20 bits per heavy atom. The molecule has 0 saturated heterocycles. The van der Waals surface area contributed by atoms with E-state index in [4.69, 9.17) is 17.3 Å². The molecular formula is C13H13ClN2O3S. The summed E-state index contributed by atoms with van der Waals surface area (Å²) in [6.45, 7) is 1.71. The molecule has 2 aromatic carbocycles. The number of rotatable bonds is 3. The van der Waals surface area contributed by atoms with Crippen molar-refractivity contribution in [3.8, 4) is 5.75 Å². The molecule has 0 aliphatic rings. The van der Waals surface area contributed by atoms with Gasteiger partial charge >= 0.3 is 0 Å². The normalized spacial score (nSPS) is 11.3. The number of benzene rings is 2. The predicted octanol–water partition coefficient (Wildman–Crippen LogP) is 2.74. The van der Waals surface area contributed by atoms with Gasteiger partial charge in [0.15, 0.2) is 0 Å². The molecule has 2 rings (SSSR count). The van der Waals surface area contributed by atoms with Gasteiger partial charge in [-0.05, 0) is 36.8 Å². The second kappa shape index (κ2) is 5.22. The van der Waals surface area contributed by atoms with Crippen molar-refractivity contribution in [2.24, 2.45) is 0 Å². The maximum atomic E-state index is 12.2. The largest absolute Gasteiger partial charge is 0.508 e. The van der Waals surface area contributed by atoms with Gasteiger partial charge in [-0.15, -0.1) is 0 Å². The van der Waals surface area contributed by atoms with Crippen LogP contribution >= 0.6 is 11.6 Å². The van der Waals surface area contributed by atoms with Crippen LogP contribution in [0.4, 0.5) is 11.4 Å². The Labute approximate surface area is 122 Å². The van der Waals surface area contributed by atoms with Gasteiger partial charge in [0.1, 0.15) is 10.6 Å². The van der Waals surface area contributed by atoms with Gasteiger partial charge < -0.3 is 10.8 Å². The Bertz CT molecular complexity index is 760. The lowest BCUT2D eigenvalue weighted by atomic mass is 10.2. The lowest BCUT2D eigenvalue weighted by Gasteiger charge is -2.11. The molecule has 0 radical (unpaired) electrons. The van der Waals surface area contributed by atoms with Crippen LogP contribution in [0.5, 0.6) is 5.75 Å². The highest BCUT2D eigenvalue weighted by molar-refractivity contribution is 7.92.